The van der Waals surface area contributed by atoms with E-state index >= 15 is 0 Å². The average molecular weight is 391 g/mol. The Balaban J connectivity index is 1.68. The van der Waals surface area contributed by atoms with Crippen LogP contribution >= 0.6 is 11.6 Å². The van der Waals surface area contributed by atoms with Crippen molar-refractivity contribution in [3.05, 3.63) is 102 Å². The Morgan fingerprint density at radius 1 is 0.643 bits per heavy atom. The van der Waals surface area contributed by atoms with Crippen molar-refractivity contribution in [3.8, 4) is 23.0 Å². The van der Waals surface area contributed by atoms with Crippen LogP contribution < -0.4 is 14.4 Å². The molecule has 0 unspecified atom stereocenters. The van der Waals surface area contributed by atoms with Crippen LogP contribution in [0.5, 0.6) is 23.0 Å². The van der Waals surface area contributed by atoms with E-state index in [1.54, 1.807) is 53.4 Å². The monoisotopic (exact) mass is 390 g/mol. The molecule has 3 nitrogen and oxygen atoms in total. The van der Waals surface area contributed by atoms with Crippen molar-refractivity contribution in [1.29, 1.82) is 0 Å². The predicted octanol–water partition coefficient (Wildman–Crippen LogP) is 7.71. The van der Waals surface area contributed by atoms with Gasteiger partial charge < -0.3 is 14.4 Å². The lowest BCUT2D eigenvalue weighted by atomic mass is 10.1. The molecule has 0 N–H and O–H groups in total. The number of nitrogens with zero attached hydrogens (tertiary/aromatic N) is 1. The zero-order chi connectivity index (χ0) is 23.3. The van der Waals surface area contributed by atoms with Crippen LogP contribution in [-0.4, -0.2) is 0 Å². The molecule has 0 fully saturated rings. The van der Waals surface area contributed by atoms with Crippen LogP contribution in [0.1, 0.15) is 6.85 Å². The Kier molecular flexibility index (Phi) is 3.01. The van der Waals surface area contributed by atoms with Gasteiger partial charge in [-0.25, -0.2) is 0 Å². The van der Waals surface area contributed by atoms with Crippen molar-refractivity contribution in [2.75, 3.05) is 4.90 Å². The number of para-hydroxylation sites is 2. The highest BCUT2D eigenvalue weighted by Gasteiger charge is 2.21. The summed E-state index contributed by atoms with van der Waals surface area (Å²) in [7, 11) is 0. The molecule has 1 heterocycles. The second kappa shape index (κ2) is 6.95. The van der Waals surface area contributed by atoms with Gasteiger partial charge in [-0.05, 0) is 48.5 Å². The Morgan fingerprint density at radius 2 is 1.32 bits per heavy atom. The third-order valence-electron chi connectivity index (χ3n) is 4.26. The molecule has 0 bridgehead atoms. The lowest BCUT2D eigenvalue weighted by Gasteiger charge is -2.27. The Bertz CT molecular complexity index is 1370. The normalized spacial score (nSPS) is 14.1. The largest absolute Gasteiger partial charge is 0.449 e. The number of hydrogen-bond acceptors (Lipinski definition) is 3. The van der Waals surface area contributed by atoms with E-state index in [4.69, 9.17) is 27.9 Å². The lowest BCUT2D eigenvalue weighted by molar-refractivity contribution is 0.360. The Labute approximate surface area is 175 Å². The van der Waals surface area contributed by atoms with Crippen LogP contribution in [-0.2, 0) is 0 Å². The molecular weight excluding hydrogens is 370 g/mol. The van der Waals surface area contributed by atoms with Gasteiger partial charge in [-0.3, -0.25) is 0 Å². The second-order valence-corrected chi connectivity index (χ2v) is 6.51. The molecule has 136 valence electrons. The van der Waals surface area contributed by atoms with Crippen LogP contribution in [0.3, 0.4) is 0 Å². The number of benzene rings is 4. The maximum atomic E-state index is 8.49. The van der Waals surface area contributed by atoms with Crippen LogP contribution in [0, 0.1) is 0 Å². The van der Waals surface area contributed by atoms with Gasteiger partial charge in [0.15, 0.2) is 23.0 Å². The zero-order valence-corrected chi connectivity index (χ0v) is 15.2. The highest BCUT2D eigenvalue weighted by Crippen LogP contribution is 2.48. The first-order chi connectivity index (χ1) is 15.8. The first-order valence-electron chi connectivity index (χ1n) is 11.1. The third kappa shape index (κ3) is 3.06. The minimum Gasteiger partial charge on any atom is -0.449 e. The number of ether oxygens (including phenoxy) is 2. The van der Waals surface area contributed by atoms with E-state index < -0.39 is 18.1 Å². The summed E-state index contributed by atoms with van der Waals surface area (Å²) < 4.78 is 53.1. The summed E-state index contributed by atoms with van der Waals surface area (Å²) in [6.07, 6.45) is 0. The van der Waals surface area contributed by atoms with Gasteiger partial charge in [0.2, 0.25) is 0 Å². The standard InChI is InChI=1S/C24H16ClNO2/c25-17-11-13-21-23(15-17)27-22-14-12-20(16-24(22)28-21)26(18-7-3-1-4-8-18)19-9-5-2-6-10-19/h1-16H/i1D,3D,4D,7D,8D. The van der Waals surface area contributed by atoms with Crippen molar-refractivity contribution < 1.29 is 16.3 Å². The van der Waals surface area contributed by atoms with E-state index in [2.05, 4.69) is 0 Å². The van der Waals surface area contributed by atoms with Crippen molar-refractivity contribution >= 4 is 28.7 Å². The molecule has 0 saturated carbocycles. The molecular formula is C24H16ClNO2. The van der Waals surface area contributed by atoms with Gasteiger partial charge in [0.25, 0.3) is 0 Å². The number of rotatable bonds is 3. The Hall–Kier alpha value is -3.43. The molecule has 4 aromatic rings. The molecule has 5 rings (SSSR count). The van der Waals surface area contributed by atoms with Crippen LogP contribution in [0.4, 0.5) is 17.1 Å². The minimum absolute atomic E-state index is 0.0380. The topological polar surface area (TPSA) is 21.7 Å². The van der Waals surface area contributed by atoms with E-state index in [9.17, 15) is 0 Å². The van der Waals surface area contributed by atoms with Crippen molar-refractivity contribution in [2.45, 2.75) is 0 Å². The second-order valence-electron chi connectivity index (χ2n) is 6.07. The SMILES string of the molecule is [2H]c1c([2H])c([2H])c(N(c2ccccc2)c2ccc3c(c2)Oc2ccc(Cl)cc2O3)c([2H])c1[2H]. The fourth-order valence-corrected chi connectivity index (χ4v) is 3.18. The molecule has 1 aliphatic rings. The van der Waals surface area contributed by atoms with Gasteiger partial charge in [-0.15, -0.1) is 0 Å². The van der Waals surface area contributed by atoms with Crippen LogP contribution in [0.25, 0.3) is 0 Å². The van der Waals surface area contributed by atoms with E-state index in [0.29, 0.717) is 39.4 Å². The summed E-state index contributed by atoms with van der Waals surface area (Å²) in [6, 6.07) is 17.4. The maximum Gasteiger partial charge on any atom is 0.172 e. The molecule has 0 amide bonds. The van der Waals surface area contributed by atoms with Crippen LogP contribution in [0.2, 0.25) is 5.02 Å². The maximum absolute atomic E-state index is 8.49. The van der Waals surface area contributed by atoms with Crippen molar-refractivity contribution in [3.63, 3.8) is 0 Å². The summed E-state index contributed by atoms with van der Waals surface area (Å²) in [4.78, 5) is 1.61. The first-order valence-corrected chi connectivity index (χ1v) is 8.94. The van der Waals surface area contributed by atoms with E-state index in [-0.39, 0.29) is 17.8 Å². The highest BCUT2D eigenvalue weighted by atomic mass is 35.5. The molecule has 0 radical (unpaired) electrons. The summed E-state index contributed by atoms with van der Waals surface area (Å²) in [5.74, 6) is 1.89. The van der Waals surface area contributed by atoms with Gasteiger partial charge in [-0.1, -0.05) is 47.9 Å². The van der Waals surface area contributed by atoms with Gasteiger partial charge >= 0.3 is 0 Å². The number of halogens is 1. The molecule has 0 aromatic heterocycles. The first kappa shape index (κ1) is 12.1. The molecule has 4 heteroatoms. The van der Waals surface area contributed by atoms with Gasteiger partial charge in [0.1, 0.15) is 0 Å². The molecule has 0 saturated heterocycles. The summed E-state index contributed by atoms with van der Waals surface area (Å²) >= 11 is 6.05. The molecule has 0 aliphatic carbocycles. The third-order valence-corrected chi connectivity index (χ3v) is 4.49. The quantitative estimate of drug-likeness (QED) is 0.315. The molecule has 0 atom stereocenters. The fourth-order valence-electron chi connectivity index (χ4n) is 3.02. The van der Waals surface area contributed by atoms with Gasteiger partial charge in [0, 0.05) is 28.5 Å². The van der Waals surface area contributed by atoms with E-state index in [0.717, 1.165) is 0 Å². The predicted molar refractivity (Wildman–Crippen MR) is 113 cm³/mol. The zero-order valence-electron chi connectivity index (χ0n) is 19.5. The van der Waals surface area contributed by atoms with Gasteiger partial charge in [0.05, 0.1) is 12.5 Å². The minimum atomic E-state index is -0.445. The molecule has 0 spiro atoms. The Morgan fingerprint density at radius 3 is 2.07 bits per heavy atom. The molecule has 1 aliphatic heterocycles. The molecule has 28 heavy (non-hydrogen) atoms. The smallest absolute Gasteiger partial charge is 0.172 e. The highest BCUT2D eigenvalue weighted by molar-refractivity contribution is 6.30. The van der Waals surface area contributed by atoms with Crippen LogP contribution in [0.15, 0.2) is 96.9 Å². The number of anilines is 3. The van der Waals surface area contributed by atoms with Crippen molar-refractivity contribution in [2.24, 2.45) is 0 Å². The number of fused-ring (bicyclic) bond motifs is 2. The average Bonchev–Trinajstić information content (AvgIpc) is 2.83. The number of hydrogen-bond donors (Lipinski definition) is 0. The summed E-state index contributed by atoms with van der Waals surface area (Å²) in [5.41, 5.74) is 1.20. The van der Waals surface area contributed by atoms with E-state index in [1.165, 1.54) is 0 Å². The summed E-state index contributed by atoms with van der Waals surface area (Å²) in [5, 5.41) is 0.522. The van der Waals surface area contributed by atoms with E-state index in [1.807, 2.05) is 18.2 Å². The van der Waals surface area contributed by atoms with Crippen molar-refractivity contribution in [1.82, 2.24) is 0 Å². The lowest BCUT2D eigenvalue weighted by Crippen LogP contribution is -2.10. The fraction of sp³-hybridized carbons (Fsp3) is 0. The van der Waals surface area contributed by atoms with Gasteiger partial charge in [-0.2, -0.15) is 0 Å². The summed E-state index contributed by atoms with van der Waals surface area (Å²) in [6.45, 7) is 0. The molecule has 4 aromatic carbocycles.